The molecule has 0 saturated heterocycles. The van der Waals surface area contributed by atoms with Crippen molar-refractivity contribution in [1.29, 1.82) is 0 Å². The van der Waals surface area contributed by atoms with E-state index in [0.717, 1.165) is 12.8 Å². The summed E-state index contributed by atoms with van der Waals surface area (Å²) in [4.78, 5) is 14.6. The SMILES string of the molecule is O=C(CCNc1nc(C(F)(F)F)ns1)NC1CC1. The number of halogens is 3. The first kappa shape index (κ1) is 13.1. The summed E-state index contributed by atoms with van der Waals surface area (Å²) in [6.07, 6.45) is -2.31. The predicted molar refractivity (Wildman–Crippen MR) is 59.2 cm³/mol. The zero-order valence-electron chi connectivity index (χ0n) is 9.25. The molecule has 1 amide bonds. The van der Waals surface area contributed by atoms with E-state index >= 15 is 0 Å². The van der Waals surface area contributed by atoms with Gasteiger partial charge in [-0.3, -0.25) is 4.79 Å². The Kier molecular flexibility index (Phi) is 3.69. The van der Waals surface area contributed by atoms with Crippen LogP contribution >= 0.6 is 11.5 Å². The first-order chi connectivity index (χ1) is 8.45. The molecule has 0 aromatic carbocycles. The maximum absolute atomic E-state index is 12.2. The zero-order valence-corrected chi connectivity index (χ0v) is 10.1. The van der Waals surface area contributed by atoms with Crippen molar-refractivity contribution in [2.45, 2.75) is 31.5 Å². The molecule has 1 heterocycles. The molecule has 2 N–H and O–H groups in total. The highest BCUT2D eigenvalue weighted by atomic mass is 32.1. The van der Waals surface area contributed by atoms with Gasteiger partial charge in [-0.1, -0.05) is 0 Å². The Balaban J connectivity index is 1.72. The van der Waals surface area contributed by atoms with Gasteiger partial charge in [-0.2, -0.15) is 22.5 Å². The molecule has 100 valence electrons. The highest BCUT2D eigenvalue weighted by Crippen LogP contribution is 2.28. The lowest BCUT2D eigenvalue weighted by atomic mass is 10.4. The molecule has 1 aromatic rings. The van der Waals surface area contributed by atoms with Crippen molar-refractivity contribution in [2.75, 3.05) is 11.9 Å². The molecule has 1 aromatic heterocycles. The van der Waals surface area contributed by atoms with Crippen LogP contribution in [0.25, 0.3) is 0 Å². The average Bonchev–Trinajstić information content (AvgIpc) is 2.93. The molecular formula is C9H11F3N4OS. The molecule has 1 fully saturated rings. The lowest BCUT2D eigenvalue weighted by molar-refractivity contribution is -0.144. The van der Waals surface area contributed by atoms with Crippen LogP contribution in [0.3, 0.4) is 0 Å². The summed E-state index contributed by atoms with van der Waals surface area (Å²) in [6, 6.07) is 0.288. The molecule has 0 bridgehead atoms. The summed E-state index contributed by atoms with van der Waals surface area (Å²) < 4.78 is 39.8. The number of rotatable bonds is 5. The molecule has 0 atom stereocenters. The third-order valence-electron chi connectivity index (χ3n) is 2.25. The zero-order chi connectivity index (χ0) is 13.2. The van der Waals surface area contributed by atoms with Gasteiger partial charge in [0.2, 0.25) is 16.9 Å². The largest absolute Gasteiger partial charge is 0.452 e. The minimum Gasteiger partial charge on any atom is -0.360 e. The van der Waals surface area contributed by atoms with Crippen LogP contribution in [-0.2, 0) is 11.0 Å². The molecule has 0 unspecified atom stereocenters. The van der Waals surface area contributed by atoms with Crippen LogP contribution < -0.4 is 10.6 Å². The quantitative estimate of drug-likeness (QED) is 0.860. The predicted octanol–water partition coefficient (Wildman–Crippen LogP) is 1.64. The molecule has 2 rings (SSSR count). The van der Waals surface area contributed by atoms with Gasteiger partial charge in [0.05, 0.1) is 0 Å². The maximum atomic E-state index is 12.2. The molecule has 5 nitrogen and oxygen atoms in total. The fraction of sp³-hybridized carbons (Fsp3) is 0.667. The molecule has 0 radical (unpaired) electrons. The van der Waals surface area contributed by atoms with Gasteiger partial charge in [-0.25, -0.2) is 0 Å². The van der Waals surface area contributed by atoms with Crippen molar-refractivity contribution < 1.29 is 18.0 Å². The fourth-order valence-electron chi connectivity index (χ4n) is 1.22. The number of amides is 1. The number of aromatic nitrogens is 2. The molecule has 18 heavy (non-hydrogen) atoms. The first-order valence-electron chi connectivity index (χ1n) is 5.39. The highest BCUT2D eigenvalue weighted by molar-refractivity contribution is 7.09. The van der Waals surface area contributed by atoms with Crippen molar-refractivity contribution >= 4 is 22.6 Å². The first-order valence-corrected chi connectivity index (χ1v) is 6.16. The van der Waals surface area contributed by atoms with E-state index in [4.69, 9.17) is 0 Å². The number of hydrogen-bond donors (Lipinski definition) is 2. The molecule has 9 heteroatoms. The second-order valence-corrected chi connectivity index (χ2v) is 4.69. The summed E-state index contributed by atoms with van der Waals surface area (Å²) in [5.41, 5.74) is 0. The van der Waals surface area contributed by atoms with Crippen molar-refractivity contribution in [2.24, 2.45) is 0 Å². The van der Waals surface area contributed by atoms with E-state index in [-0.39, 0.29) is 30.0 Å². The summed E-state index contributed by atoms with van der Waals surface area (Å²) in [5, 5.41) is 5.49. The van der Waals surface area contributed by atoms with Crippen molar-refractivity contribution in [1.82, 2.24) is 14.7 Å². The molecule has 1 saturated carbocycles. The van der Waals surface area contributed by atoms with Crippen molar-refractivity contribution in [3.63, 3.8) is 0 Å². The van der Waals surface area contributed by atoms with E-state index in [1.165, 1.54) is 0 Å². The van der Waals surface area contributed by atoms with Gasteiger partial charge in [0.25, 0.3) is 0 Å². The van der Waals surface area contributed by atoms with Gasteiger partial charge in [0.15, 0.2) is 0 Å². The number of alkyl halides is 3. The van der Waals surface area contributed by atoms with Crippen LogP contribution in [0.4, 0.5) is 18.3 Å². The number of carbonyl (C=O) groups excluding carboxylic acids is 1. The Bertz CT molecular complexity index is 430. The lowest BCUT2D eigenvalue weighted by Gasteiger charge is -2.03. The third-order valence-corrected chi connectivity index (χ3v) is 2.92. The topological polar surface area (TPSA) is 66.9 Å². The van der Waals surface area contributed by atoms with Gasteiger partial charge in [-0.05, 0) is 12.8 Å². The minimum absolute atomic E-state index is 0.0709. The Hall–Kier alpha value is -1.38. The van der Waals surface area contributed by atoms with Crippen LogP contribution in [0.15, 0.2) is 0 Å². The van der Waals surface area contributed by atoms with Gasteiger partial charge in [0.1, 0.15) is 0 Å². The van der Waals surface area contributed by atoms with E-state index in [1.54, 1.807) is 0 Å². The standard InChI is InChI=1S/C9H11F3N4OS/c10-9(11,12)7-15-8(18-16-7)13-4-3-6(17)14-5-1-2-5/h5H,1-4H2,(H,14,17)(H,13,15,16). The van der Waals surface area contributed by atoms with Gasteiger partial charge in [-0.15, -0.1) is 0 Å². The monoisotopic (exact) mass is 280 g/mol. The average molecular weight is 280 g/mol. The van der Waals surface area contributed by atoms with Gasteiger partial charge < -0.3 is 10.6 Å². The van der Waals surface area contributed by atoms with Crippen LogP contribution in [0, 0.1) is 0 Å². The summed E-state index contributed by atoms with van der Waals surface area (Å²) in [5.74, 6) is -1.26. The number of hydrogen-bond acceptors (Lipinski definition) is 5. The van der Waals surface area contributed by atoms with E-state index in [2.05, 4.69) is 20.0 Å². The normalized spacial score (nSPS) is 15.5. The van der Waals surface area contributed by atoms with Crippen LogP contribution in [-0.4, -0.2) is 27.9 Å². The summed E-state index contributed by atoms with van der Waals surface area (Å²) in [6.45, 7) is 0.241. The van der Waals surface area contributed by atoms with E-state index in [9.17, 15) is 18.0 Å². The van der Waals surface area contributed by atoms with E-state index in [1.807, 2.05) is 0 Å². The van der Waals surface area contributed by atoms with Crippen LogP contribution in [0.1, 0.15) is 25.1 Å². The highest BCUT2D eigenvalue weighted by Gasteiger charge is 2.36. The van der Waals surface area contributed by atoms with Gasteiger partial charge >= 0.3 is 6.18 Å². The van der Waals surface area contributed by atoms with Crippen LogP contribution in [0.5, 0.6) is 0 Å². The molecule has 1 aliphatic carbocycles. The van der Waals surface area contributed by atoms with Crippen molar-refractivity contribution in [3.8, 4) is 0 Å². The molecular weight excluding hydrogens is 269 g/mol. The Morgan fingerprint density at radius 2 is 2.17 bits per heavy atom. The summed E-state index contributed by atoms with van der Waals surface area (Å²) in [7, 11) is 0. The number of anilines is 1. The third kappa shape index (κ3) is 3.83. The Morgan fingerprint density at radius 1 is 1.44 bits per heavy atom. The number of nitrogens with zero attached hydrogens (tertiary/aromatic N) is 2. The van der Waals surface area contributed by atoms with Gasteiger partial charge in [0, 0.05) is 30.5 Å². The molecule has 1 aliphatic rings. The maximum Gasteiger partial charge on any atom is 0.452 e. The summed E-state index contributed by atoms with van der Waals surface area (Å²) >= 11 is 0.630. The minimum atomic E-state index is -4.53. The number of carbonyl (C=O) groups is 1. The number of nitrogens with one attached hydrogen (secondary N) is 2. The smallest absolute Gasteiger partial charge is 0.360 e. The van der Waals surface area contributed by atoms with E-state index < -0.39 is 12.0 Å². The molecule has 0 aliphatic heterocycles. The second kappa shape index (κ2) is 5.09. The van der Waals surface area contributed by atoms with E-state index in [0.29, 0.717) is 11.5 Å². The Morgan fingerprint density at radius 3 is 2.72 bits per heavy atom. The lowest BCUT2D eigenvalue weighted by Crippen LogP contribution is -2.27. The fourth-order valence-corrected chi connectivity index (χ4v) is 1.83. The second-order valence-electron chi connectivity index (χ2n) is 3.94. The Labute approximate surface area is 105 Å². The van der Waals surface area contributed by atoms with Crippen LogP contribution in [0.2, 0.25) is 0 Å². The molecule has 0 spiro atoms. The van der Waals surface area contributed by atoms with Crippen molar-refractivity contribution in [3.05, 3.63) is 5.82 Å².